The van der Waals surface area contributed by atoms with Gasteiger partial charge in [0.2, 0.25) is 0 Å². The van der Waals surface area contributed by atoms with Gasteiger partial charge in [-0.1, -0.05) is 24.3 Å². The summed E-state index contributed by atoms with van der Waals surface area (Å²) < 4.78 is 40.4. The SMILES string of the molecule is O=C(O)C1Cc2cccc(SN3CCN(Cc4ccc(C(F)(F)F)cc4)CC3)c2C1. The lowest BCUT2D eigenvalue weighted by atomic mass is 10.1. The zero-order valence-electron chi connectivity index (χ0n) is 16.4. The Labute approximate surface area is 177 Å². The smallest absolute Gasteiger partial charge is 0.416 e. The van der Waals surface area contributed by atoms with E-state index in [2.05, 4.69) is 15.3 Å². The largest absolute Gasteiger partial charge is 0.481 e. The maximum absolute atomic E-state index is 12.7. The lowest BCUT2D eigenvalue weighted by molar-refractivity contribution is -0.141. The number of benzene rings is 2. The Bertz CT molecular complexity index is 910. The van der Waals surface area contributed by atoms with Crippen LogP contribution in [0.4, 0.5) is 13.2 Å². The fourth-order valence-corrected chi connectivity index (χ4v) is 5.14. The number of fused-ring (bicyclic) bond motifs is 1. The highest BCUT2D eigenvalue weighted by molar-refractivity contribution is 7.97. The van der Waals surface area contributed by atoms with E-state index in [4.69, 9.17) is 0 Å². The van der Waals surface area contributed by atoms with Gasteiger partial charge in [-0.2, -0.15) is 13.2 Å². The molecule has 0 radical (unpaired) electrons. The van der Waals surface area contributed by atoms with Gasteiger partial charge in [0.1, 0.15) is 0 Å². The number of hydrogen-bond acceptors (Lipinski definition) is 4. The molecule has 1 unspecified atom stereocenters. The van der Waals surface area contributed by atoms with Crippen molar-refractivity contribution in [3.63, 3.8) is 0 Å². The first-order chi connectivity index (χ1) is 14.3. The molecule has 1 aliphatic carbocycles. The Kier molecular flexibility index (Phi) is 6.09. The first-order valence-electron chi connectivity index (χ1n) is 9.94. The standard InChI is InChI=1S/C22H23F3N2O2S/c23-22(24,25)18-6-4-15(5-7-18)14-26-8-10-27(11-9-26)30-20-3-1-2-16-12-17(21(28)29)13-19(16)20/h1-7,17H,8-14H2,(H,28,29). The second kappa shape index (κ2) is 8.61. The molecule has 0 amide bonds. The van der Waals surface area contributed by atoms with Crippen molar-refractivity contribution in [3.05, 3.63) is 64.7 Å². The first-order valence-corrected chi connectivity index (χ1v) is 10.7. The molecule has 2 aromatic rings. The quantitative estimate of drug-likeness (QED) is 0.707. The number of alkyl halides is 3. The van der Waals surface area contributed by atoms with Crippen molar-refractivity contribution in [1.82, 2.24) is 9.21 Å². The van der Waals surface area contributed by atoms with Gasteiger partial charge in [0, 0.05) is 37.6 Å². The van der Waals surface area contributed by atoms with Gasteiger partial charge in [-0.15, -0.1) is 0 Å². The normalized spacial score (nSPS) is 20.3. The number of piperazine rings is 1. The molecule has 1 aliphatic heterocycles. The van der Waals surface area contributed by atoms with E-state index in [0.29, 0.717) is 19.4 Å². The van der Waals surface area contributed by atoms with E-state index in [0.717, 1.165) is 59.9 Å². The highest BCUT2D eigenvalue weighted by Crippen LogP contribution is 2.36. The highest BCUT2D eigenvalue weighted by atomic mass is 32.2. The molecule has 1 saturated heterocycles. The number of hydrogen-bond donors (Lipinski definition) is 1. The van der Waals surface area contributed by atoms with Gasteiger partial charge in [-0.25, -0.2) is 4.31 Å². The number of carboxylic acids is 1. The molecule has 30 heavy (non-hydrogen) atoms. The minimum absolute atomic E-state index is 0.331. The number of carboxylic acid groups (broad SMARTS) is 1. The molecule has 1 fully saturated rings. The lowest BCUT2D eigenvalue weighted by Crippen LogP contribution is -2.42. The Morgan fingerprint density at radius 1 is 1.03 bits per heavy atom. The van der Waals surface area contributed by atoms with Crippen LogP contribution in [0.3, 0.4) is 0 Å². The van der Waals surface area contributed by atoms with E-state index in [1.807, 2.05) is 12.1 Å². The molecular weight excluding hydrogens is 413 g/mol. The van der Waals surface area contributed by atoms with Crippen molar-refractivity contribution in [1.29, 1.82) is 0 Å². The monoisotopic (exact) mass is 436 g/mol. The summed E-state index contributed by atoms with van der Waals surface area (Å²) in [7, 11) is 0. The molecule has 0 saturated carbocycles. The highest BCUT2D eigenvalue weighted by Gasteiger charge is 2.31. The van der Waals surface area contributed by atoms with E-state index >= 15 is 0 Å². The summed E-state index contributed by atoms with van der Waals surface area (Å²) in [6.45, 7) is 3.99. The topological polar surface area (TPSA) is 43.8 Å². The third-order valence-electron chi connectivity index (χ3n) is 5.74. The number of nitrogens with zero attached hydrogens (tertiary/aromatic N) is 2. The van der Waals surface area contributed by atoms with Gasteiger partial charge in [0.25, 0.3) is 0 Å². The van der Waals surface area contributed by atoms with E-state index in [-0.39, 0.29) is 5.92 Å². The molecule has 4 rings (SSSR count). The van der Waals surface area contributed by atoms with Crippen LogP contribution in [0, 0.1) is 5.92 Å². The van der Waals surface area contributed by atoms with Crippen molar-refractivity contribution in [2.75, 3.05) is 26.2 Å². The van der Waals surface area contributed by atoms with Gasteiger partial charge in [-0.05, 0) is 59.7 Å². The van der Waals surface area contributed by atoms with Crippen LogP contribution in [-0.4, -0.2) is 46.5 Å². The maximum Gasteiger partial charge on any atom is 0.416 e. The minimum atomic E-state index is -4.30. The summed E-state index contributed by atoms with van der Waals surface area (Å²) in [5.74, 6) is -1.07. The van der Waals surface area contributed by atoms with E-state index < -0.39 is 17.7 Å². The molecule has 1 atom stereocenters. The molecule has 2 aliphatic rings. The molecule has 160 valence electrons. The first kappa shape index (κ1) is 21.2. The zero-order valence-corrected chi connectivity index (χ0v) is 17.2. The van der Waals surface area contributed by atoms with Gasteiger partial charge >= 0.3 is 12.1 Å². The van der Waals surface area contributed by atoms with Crippen LogP contribution < -0.4 is 0 Å². The van der Waals surface area contributed by atoms with Gasteiger partial charge in [-0.3, -0.25) is 9.69 Å². The molecule has 1 N–H and O–H groups in total. The summed E-state index contributed by atoms with van der Waals surface area (Å²) in [5, 5.41) is 9.32. The Morgan fingerprint density at radius 3 is 2.37 bits per heavy atom. The number of rotatable bonds is 5. The average Bonchev–Trinajstić information content (AvgIpc) is 3.15. The van der Waals surface area contributed by atoms with Crippen LogP contribution in [-0.2, 0) is 30.4 Å². The molecule has 1 heterocycles. The van der Waals surface area contributed by atoms with Crippen molar-refractivity contribution in [3.8, 4) is 0 Å². The van der Waals surface area contributed by atoms with Crippen LogP contribution >= 0.6 is 11.9 Å². The van der Waals surface area contributed by atoms with Crippen LogP contribution in [0.15, 0.2) is 47.4 Å². The predicted molar refractivity (Wildman–Crippen MR) is 109 cm³/mol. The summed E-state index contributed by atoms with van der Waals surface area (Å²) in [6.07, 6.45) is -3.12. The minimum Gasteiger partial charge on any atom is -0.481 e. The maximum atomic E-state index is 12.7. The fourth-order valence-electron chi connectivity index (χ4n) is 4.05. The lowest BCUT2D eigenvalue weighted by Gasteiger charge is -2.34. The van der Waals surface area contributed by atoms with Crippen LogP contribution in [0.25, 0.3) is 0 Å². The molecular formula is C22H23F3N2O2S. The summed E-state index contributed by atoms with van der Waals surface area (Å²) >= 11 is 1.69. The Morgan fingerprint density at radius 2 is 1.73 bits per heavy atom. The Hall–Kier alpha value is -2.03. The number of halogens is 3. The van der Waals surface area contributed by atoms with E-state index in [1.165, 1.54) is 0 Å². The van der Waals surface area contributed by atoms with Gasteiger partial charge in [0.05, 0.1) is 11.5 Å². The van der Waals surface area contributed by atoms with Crippen LogP contribution in [0.1, 0.15) is 22.3 Å². The molecule has 4 nitrogen and oxygen atoms in total. The van der Waals surface area contributed by atoms with Crippen LogP contribution in [0.2, 0.25) is 0 Å². The Balaban J connectivity index is 1.31. The van der Waals surface area contributed by atoms with Gasteiger partial charge in [0.15, 0.2) is 0 Å². The molecule has 0 spiro atoms. The zero-order chi connectivity index (χ0) is 21.3. The van der Waals surface area contributed by atoms with Crippen molar-refractivity contribution < 1.29 is 23.1 Å². The van der Waals surface area contributed by atoms with E-state index in [1.54, 1.807) is 24.1 Å². The summed E-state index contributed by atoms with van der Waals surface area (Å²) in [6, 6.07) is 11.5. The van der Waals surface area contributed by atoms with Crippen molar-refractivity contribution in [2.24, 2.45) is 5.92 Å². The van der Waals surface area contributed by atoms with E-state index in [9.17, 15) is 23.1 Å². The average molecular weight is 436 g/mol. The summed E-state index contributed by atoms with van der Waals surface area (Å²) in [5.41, 5.74) is 2.55. The molecule has 0 aromatic heterocycles. The predicted octanol–water partition coefficient (Wildman–Crippen LogP) is 4.33. The third-order valence-corrected chi connectivity index (χ3v) is 6.94. The van der Waals surface area contributed by atoms with Crippen molar-refractivity contribution >= 4 is 17.9 Å². The van der Waals surface area contributed by atoms with Gasteiger partial charge < -0.3 is 5.11 Å². The number of aliphatic carboxylic acids is 1. The summed E-state index contributed by atoms with van der Waals surface area (Å²) in [4.78, 5) is 14.7. The third kappa shape index (κ3) is 4.82. The molecule has 0 bridgehead atoms. The second-order valence-electron chi connectivity index (χ2n) is 7.83. The van der Waals surface area contributed by atoms with Crippen molar-refractivity contribution in [2.45, 2.75) is 30.5 Å². The molecule has 8 heteroatoms. The second-order valence-corrected chi connectivity index (χ2v) is 8.97. The van der Waals surface area contributed by atoms with Crippen LogP contribution in [0.5, 0.6) is 0 Å². The molecule has 2 aromatic carbocycles. The fraction of sp³-hybridized carbons (Fsp3) is 0.409. The number of carbonyl (C=O) groups is 1.